The fourth-order valence-corrected chi connectivity index (χ4v) is 2.29. The highest BCUT2D eigenvalue weighted by Crippen LogP contribution is 2.21. The molecule has 1 aromatic heterocycles. The summed E-state index contributed by atoms with van der Waals surface area (Å²) >= 11 is 5.98. The molecule has 0 saturated carbocycles. The molecule has 0 unspecified atom stereocenters. The van der Waals surface area contributed by atoms with Crippen LogP contribution in [0.3, 0.4) is 0 Å². The van der Waals surface area contributed by atoms with E-state index >= 15 is 0 Å². The Bertz CT molecular complexity index is 688. The number of nitrogens with zero attached hydrogens (tertiary/aromatic N) is 3. The van der Waals surface area contributed by atoms with Gasteiger partial charge in [0.15, 0.2) is 0 Å². The lowest BCUT2D eigenvalue weighted by molar-refractivity contribution is -0.116. The van der Waals surface area contributed by atoms with E-state index in [0.29, 0.717) is 42.2 Å². The van der Waals surface area contributed by atoms with Crippen molar-refractivity contribution < 1.29 is 9.59 Å². The molecule has 0 aliphatic carbocycles. The largest absolute Gasteiger partial charge is 0.352 e. The quantitative estimate of drug-likeness (QED) is 0.766. The van der Waals surface area contributed by atoms with Crippen molar-refractivity contribution in [3.05, 3.63) is 41.4 Å². The molecule has 2 rings (SSSR count). The zero-order valence-corrected chi connectivity index (χ0v) is 14.2. The topological polar surface area (TPSA) is 88.9 Å². The van der Waals surface area contributed by atoms with Gasteiger partial charge >= 0.3 is 0 Å². The SMILES string of the molecule is CCCNC(=O)c1ccc(Cl)cc1NC(=O)CCCn1cncn1. The molecular formula is C16H20ClN5O2. The second kappa shape index (κ2) is 9.02. The molecule has 1 aromatic carbocycles. The van der Waals surface area contributed by atoms with Gasteiger partial charge in [0.25, 0.3) is 5.91 Å². The summed E-state index contributed by atoms with van der Waals surface area (Å²) in [4.78, 5) is 28.1. The standard InChI is InChI=1S/C16H20ClN5O2/c1-2-7-19-16(24)13-6-5-12(17)9-14(13)21-15(23)4-3-8-22-11-18-10-20-22/h5-6,9-11H,2-4,7-8H2,1H3,(H,19,24)(H,21,23). The van der Waals surface area contributed by atoms with Gasteiger partial charge in [-0.25, -0.2) is 4.98 Å². The van der Waals surface area contributed by atoms with Gasteiger partial charge in [0.2, 0.25) is 5.91 Å². The molecule has 0 atom stereocenters. The van der Waals surface area contributed by atoms with E-state index in [1.807, 2.05) is 6.92 Å². The van der Waals surface area contributed by atoms with Crippen molar-refractivity contribution in [3.8, 4) is 0 Å². The summed E-state index contributed by atoms with van der Waals surface area (Å²) < 4.78 is 1.66. The van der Waals surface area contributed by atoms with Crippen LogP contribution in [0.15, 0.2) is 30.9 Å². The van der Waals surface area contributed by atoms with Crippen LogP contribution in [0, 0.1) is 0 Å². The molecule has 0 radical (unpaired) electrons. The van der Waals surface area contributed by atoms with Gasteiger partial charge in [-0.3, -0.25) is 14.3 Å². The number of aromatic nitrogens is 3. The first kappa shape index (κ1) is 17.9. The number of amides is 2. The third kappa shape index (κ3) is 5.34. The first-order valence-electron chi connectivity index (χ1n) is 7.80. The number of aryl methyl sites for hydroxylation is 1. The predicted molar refractivity (Wildman–Crippen MR) is 92.0 cm³/mol. The van der Waals surface area contributed by atoms with Crippen molar-refractivity contribution in [2.24, 2.45) is 0 Å². The molecule has 0 bridgehead atoms. The molecule has 128 valence electrons. The van der Waals surface area contributed by atoms with Crippen LogP contribution in [-0.2, 0) is 11.3 Å². The van der Waals surface area contributed by atoms with Gasteiger partial charge in [0.1, 0.15) is 12.7 Å². The highest BCUT2D eigenvalue weighted by atomic mass is 35.5. The second-order valence-corrected chi connectivity index (χ2v) is 5.69. The summed E-state index contributed by atoms with van der Waals surface area (Å²) in [6.45, 7) is 3.15. The van der Waals surface area contributed by atoms with Gasteiger partial charge in [0, 0.05) is 24.5 Å². The highest BCUT2D eigenvalue weighted by Gasteiger charge is 2.13. The van der Waals surface area contributed by atoms with Crippen LogP contribution in [0.5, 0.6) is 0 Å². The van der Waals surface area contributed by atoms with Crippen molar-refractivity contribution in [3.63, 3.8) is 0 Å². The smallest absolute Gasteiger partial charge is 0.253 e. The Morgan fingerprint density at radius 1 is 1.33 bits per heavy atom. The van der Waals surface area contributed by atoms with Crippen LogP contribution in [0.25, 0.3) is 0 Å². The van der Waals surface area contributed by atoms with Crippen molar-refractivity contribution in [1.29, 1.82) is 0 Å². The Hall–Kier alpha value is -2.41. The Kier molecular flexibility index (Phi) is 6.74. The molecule has 0 saturated heterocycles. The summed E-state index contributed by atoms with van der Waals surface area (Å²) in [5.41, 5.74) is 0.819. The molecule has 8 heteroatoms. The first-order chi connectivity index (χ1) is 11.6. The van der Waals surface area contributed by atoms with Crippen LogP contribution in [0.1, 0.15) is 36.5 Å². The summed E-state index contributed by atoms with van der Waals surface area (Å²) in [6.07, 6.45) is 4.82. The Morgan fingerprint density at radius 3 is 2.88 bits per heavy atom. The van der Waals surface area contributed by atoms with Crippen LogP contribution in [0.4, 0.5) is 5.69 Å². The van der Waals surface area contributed by atoms with E-state index in [1.165, 1.54) is 6.33 Å². The van der Waals surface area contributed by atoms with Crippen LogP contribution in [-0.4, -0.2) is 33.1 Å². The fourth-order valence-electron chi connectivity index (χ4n) is 2.11. The molecule has 2 amide bonds. The second-order valence-electron chi connectivity index (χ2n) is 5.26. The van der Waals surface area contributed by atoms with E-state index in [4.69, 9.17) is 11.6 Å². The number of halogens is 1. The average Bonchev–Trinajstić information content (AvgIpc) is 3.06. The van der Waals surface area contributed by atoms with E-state index in [9.17, 15) is 9.59 Å². The Labute approximate surface area is 145 Å². The number of carbonyl (C=O) groups excluding carboxylic acids is 2. The number of nitrogens with one attached hydrogen (secondary N) is 2. The molecule has 7 nitrogen and oxygen atoms in total. The van der Waals surface area contributed by atoms with Gasteiger partial charge in [-0.05, 0) is 31.0 Å². The van der Waals surface area contributed by atoms with E-state index in [0.717, 1.165) is 6.42 Å². The number of hydrogen-bond acceptors (Lipinski definition) is 4. The summed E-state index contributed by atoms with van der Waals surface area (Å²) in [5.74, 6) is -0.409. The summed E-state index contributed by atoms with van der Waals surface area (Å²) in [7, 11) is 0. The maximum absolute atomic E-state index is 12.2. The zero-order chi connectivity index (χ0) is 17.4. The molecule has 1 heterocycles. The van der Waals surface area contributed by atoms with Gasteiger partial charge in [-0.15, -0.1) is 0 Å². The lowest BCUT2D eigenvalue weighted by atomic mass is 10.1. The lowest BCUT2D eigenvalue weighted by Crippen LogP contribution is -2.25. The van der Waals surface area contributed by atoms with Gasteiger partial charge in [-0.1, -0.05) is 18.5 Å². The monoisotopic (exact) mass is 349 g/mol. The number of hydrogen-bond donors (Lipinski definition) is 2. The molecule has 2 N–H and O–H groups in total. The number of benzene rings is 1. The van der Waals surface area contributed by atoms with Gasteiger partial charge < -0.3 is 10.6 Å². The van der Waals surface area contributed by atoms with Crippen molar-refractivity contribution >= 4 is 29.1 Å². The number of carbonyl (C=O) groups is 2. The first-order valence-corrected chi connectivity index (χ1v) is 8.18. The van der Waals surface area contributed by atoms with E-state index in [1.54, 1.807) is 29.2 Å². The zero-order valence-electron chi connectivity index (χ0n) is 13.5. The van der Waals surface area contributed by atoms with E-state index in [2.05, 4.69) is 20.7 Å². The predicted octanol–water partition coefficient (Wildman–Crippen LogP) is 2.49. The van der Waals surface area contributed by atoms with Gasteiger partial charge in [0.05, 0.1) is 11.3 Å². The van der Waals surface area contributed by atoms with Crippen molar-refractivity contribution in [1.82, 2.24) is 20.1 Å². The molecule has 0 fully saturated rings. The number of anilines is 1. The molecule has 24 heavy (non-hydrogen) atoms. The minimum Gasteiger partial charge on any atom is -0.352 e. The Balaban J connectivity index is 1.95. The maximum atomic E-state index is 12.2. The van der Waals surface area contributed by atoms with E-state index < -0.39 is 0 Å². The highest BCUT2D eigenvalue weighted by molar-refractivity contribution is 6.31. The fraction of sp³-hybridized carbons (Fsp3) is 0.375. The van der Waals surface area contributed by atoms with Crippen molar-refractivity contribution in [2.75, 3.05) is 11.9 Å². The van der Waals surface area contributed by atoms with Crippen molar-refractivity contribution in [2.45, 2.75) is 32.7 Å². The van der Waals surface area contributed by atoms with Crippen LogP contribution < -0.4 is 10.6 Å². The molecule has 0 spiro atoms. The third-order valence-corrected chi connectivity index (χ3v) is 3.53. The minimum atomic E-state index is -0.230. The Morgan fingerprint density at radius 2 is 2.17 bits per heavy atom. The van der Waals surface area contributed by atoms with Gasteiger partial charge in [-0.2, -0.15) is 5.10 Å². The summed E-state index contributed by atoms with van der Waals surface area (Å²) in [5, 5.41) is 9.99. The van der Waals surface area contributed by atoms with Crippen LogP contribution in [0.2, 0.25) is 5.02 Å². The molecular weight excluding hydrogens is 330 g/mol. The normalized spacial score (nSPS) is 10.4. The molecule has 0 aliphatic heterocycles. The lowest BCUT2D eigenvalue weighted by Gasteiger charge is -2.12. The average molecular weight is 350 g/mol. The summed E-state index contributed by atoms with van der Waals surface area (Å²) in [6, 6.07) is 4.82. The number of rotatable bonds is 8. The molecule has 2 aromatic rings. The maximum Gasteiger partial charge on any atom is 0.253 e. The molecule has 0 aliphatic rings. The third-order valence-electron chi connectivity index (χ3n) is 3.29. The van der Waals surface area contributed by atoms with Crippen LogP contribution >= 0.6 is 11.6 Å². The van der Waals surface area contributed by atoms with E-state index in [-0.39, 0.29) is 11.8 Å². The minimum absolute atomic E-state index is 0.179.